The van der Waals surface area contributed by atoms with Crippen molar-refractivity contribution in [3.63, 3.8) is 0 Å². The van der Waals surface area contributed by atoms with Crippen LogP contribution in [0.5, 0.6) is 5.75 Å². The number of carbonyl (C=O) groups excluding carboxylic acids is 1. The summed E-state index contributed by atoms with van der Waals surface area (Å²) in [5, 5.41) is 4.84. The molecule has 0 saturated carbocycles. The van der Waals surface area contributed by atoms with Gasteiger partial charge in [-0.3, -0.25) is 4.79 Å². The van der Waals surface area contributed by atoms with Crippen molar-refractivity contribution in [1.29, 1.82) is 0 Å². The Morgan fingerprint density at radius 1 is 1.35 bits per heavy atom. The lowest BCUT2D eigenvalue weighted by atomic mass is 10.1. The zero-order valence-corrected chi connectivity index (χ0v) is 10.9. The summed E-state index contributed by atoms with van der Waals surface area (Å²) < 4.78 is 5.17. The van der Waals surface area contributed by atoms with E-state index >= 15 is 0 Å². The van der Waals surface area contributed by atoms with Gasteiger partial charge < -0.3 is 15.4 Å². The Hall–Kier alpha value is -1.55. The monoisotopic (exact) mass is 237 g/mol. The lowest BCUT2D eigenvalue weighted by Crippen LogP contribution is -2.95. The number of carbonyl (C=O) groups is 1. The summed E-state index contributed by atoms with van der Waals surface area (Å²) in [7, 11) is 1.59. The van der Waals surface area contributed by atoms with Crippen LogP contribution in [0.4, 0.5) is 5.69 Å². The van der Waals surface area contributed by atoms with Gasteiger partial charge in [0, 0.05) is 0 Å². The molecule has 4 nitrogen and oxygen atoms in total. The summed E-state index contributed by atoms with van der Waals surface area (Å²) in [6.45, 7) is 6.62. The summed E-state index contributed by atoms with van der Waals surface area (Å²) in [6.07, 6.45) is 0. The van der Waals surface area contributed by atoms with E-state index in [0.29, 0.717) is 18.0 Å². The molecule has 0 unspecified atom stereocenters. The van der Waals surface area contributed by atoms with Crippen LogP contribution >= 0.6 is 0 Å². The van der Waals surface area contributed by atoms with Crippen molar-refractivity contribution in [2.45, 2.75) is 26.3 Å². The largest absolute Gasteiger partial charge is 0.495 e. The number of para-hydroxylation sites is 2. The Balaban J connectivity index is 2.56. The third-order valence-electron chi connectivity index (χ3n) is 2.28. The predicted octanol–water partition coefficient (Wildman–Crippen LogP) is 0.996. The van der Waals surface area contributed by atoms with E-state index in [9.17, 15) is 4.79 Å². The van der Waals surface area contributed by atoms with Gasteiger partial charge in [-0.05, 0) is 32.9 Å². The minimum Gasteiger partial charge on any atom is -0.495 e. The molecule has 0 fully saturated rings. The summed E-state index contributed by atoms with van der Waals surface area (Å²) in [5.74, 6) is 0.654. The number of anilines is 1. The maximum absolute atomic E-state index is 11.7. The molecule has 3 N–H and O–H groups in total. The van der Waals surface area contributed by atoms with E-state index in [1.165, 1.54) is 0 Å². The van der Waals surface area contributed by atoms with Crippen molar-refractivity contribution in [2.24, 2.45) is 0 Å². The van der Waals surface area contributed by atoms with Crippen LogP contribution in [0.25, 0.3) is 0 Å². The van der Waals surface area contributed by atoms with Crippen molar-refractivity contribution >= 4 is 11.6 Å². The van der Waals surface area contributed by atoms with Crippen LogP contribution in [0, 0.1) is 0 Å². The maximum atomic E-state index is 11.7. The summed E-state index contributed by atoms with van der Waals surface area (Å²) in [6, 6.07) is 7.39. The minimum atomic E-state index is -0.0237. The Bertz CT molecular complexity index is 383. The highest BCUT2D eigenvalue weighted by atomic mass is 16.5. The van der Waals surface area contributed by atoms with E-state index in [-0.39, 0.29) is 11.4 Å². The lowest BCUT2D eigenvalue weighted by molar-refractivity contribution is -0.707. The van der Waals surface area contributed by atoms with Gasteiger partial charge in [0.25, 0.3) is 5.91 Å². The number of rotatable bonds is 4. The summed E-state index contributed by atoms with van der Waals surface area (Å²) in [4.78, 5) is 11.7. The van der Waals surface area contributed by atoms with Crippen molar-refractivity contribution in [3.8, 4) is 5.75 Å². The number of hydrogen-bond donors (Lipinski definition) is 2. The molecular formula is C13H21N2O2+. The molecular weight excluding hydrogens is 216 g/mol. The highest BCUT2D eigenvalue weighted by Crippen LogP contribution is 2.22. The van der Waals surface area contributed by atoms with E-state index in [2.05, 4.69) is 26.1 Å². The average molecular weight is 237 g/mol. The van der Waals surface area contributed by atoms with Crippen molar-refractivity contribution in [2.75, 3.05) is 19.0 Å². The van der Waals surface area contributed by atoms with E-state index in [1.54, 1.807) is 7.11 Å². The molecule has 0 spiro atoms. The lowest BCUT2D eigenvalue weighted by Gasteiger charge is -2.16. The first-order valence-corrected chi connectivity index (χ1v) is 5.69. The number of nitrogens with two attached hydrogens (primary N) is 1. The van der Waals surface area contributed by atoms with E-state index < -0.39 is 0 Å². The normalized spacial score (nSPS) is 11.1. The number of amides is 1. The number of quaternary nitrogens is 1. The Labute approximate surface area is 102 Å². The molecule has 0 atom stereocenters. The van der Waals surface area contributed by atoms with Crippen LogP contribution in [-0.4, -0.2) is 25.1 Å². The Kier molecular flexibility index (Phi) is 4.52. The zero-order chi connectivity index (χ0) is 12.9. The molecule has 0 aliphatic heterocycles. The quantitative estimate of drug-likeness (QED) is 0.820. The fourth-order valence-corrected chi connectivity index (χ4v) is 1.35. The first-order chi connectivity index (χ1) is 7.92. The van der Waals surface area contributed by atoms with Crippen molar-refractivity contribution < 1.29 is 14.8 Å². The smallest absolute Gasteiger partial charge is 0.279 e. The topological polar surface area (TPSA) is 54.9 Å². The minimum absolute atomic E-state index is 0.0237. The van der Waals surface area contributed by atoms with Crippen molar-refractivity contribution in [1.82, 2.24) is 0 Å². The third kappa shape index (κ3) is 4.87. The van der Waals surface area contributed by atoms with E-state index in [4.69, 9.17) is 4.74 Å². The molecule has 0 bridgehead atoms. The summed E-state index contributed by atoms with van der Waals surface area (Å²) >= 11 is 0. The molecule has 17 heavy (non-hydrogen) atoms. The number of benzene rings is 1. The van der Waals surface area contributed by atoms with E-state index in [1.807, 2.05) is 29.6 Å². The highest BCUT2D eigenvalue weighted by Gasteiger charge is 2.16. The van der Waals surface area contributed by atoms with E-state index in [0.717, 1.165) is 0 Å². The summed E-state index contributed by atoms with van der Waals surface area (Å²) in [5.41, 5.74) is 0.764. The van der Waals surface area contributed by atoms with Gasteiger partial charge in [0.2, 0.25) is 0 Å². The standard InChI is InChI=1S/C13H20N2O2/c1-13(2,3)14-9-12(16)15-10-7-5-6-8-11(10)17-4/h5-8,14H,9H2,1-4H3,(H,15,16)/p+1. The van der Waals surface area contributed by atoms with Gasteiger partial charge in [-0.1, -0.05) is 12.1 Å². The molecule has 0 heterocycles. The van der Waals surface area contributed by atoms with Crippen LogP contribution in [0.3, 0.4) is 0 Å². The van der Waals surface area contributed by atoms with Gasteiger partial charge in [-0.25, -0.2) is 0 Å². The number of methoxy groups -OCH3 is 1. The fraction of sp³-hybridized carbons (Fsp3) is 0.462. The molecule has 94 valence electrons. The first-order valence-electron chi connectivity index (χ1n) is 5.69. The second-order valence-corrected chi connectivity index (χ2v) is 5.02. The van der Waals surface area contributed by atoms with Crippen LogP contribution in [0.1, 0.15) is 20.8 Å². The molecule has 0 radical (unpaired) electrons. The second kappa shape index (κ2) is 5.68. The van der Waals surface area contributed by atoms with Crippen molar-refractivity contribution in [3.05, 3.63) is 24.3 Å². The van der Waals surface area contributed by atoms with Crippen LogP contribution in [-0.2, 0) is 4.79 Å². The number of ether oxygens (including phenoxy) is 1. The average Bonchev–Trinajstić information content (AvgIpc) is 2.26. The Morgan fingerprint density at radius 3 is 2.59 bits per heavy atom. The molecule has 1 aromatic rings. The highest BCUT2D eigenvalue weighted by molar-refractivity contribution is 5.92. The second-order valence-electron chi connectivity index (χ2n) is 5.02. The zero-order valence-electron chi connectivity index (χ0n) is 10.9. The molecule has 1 rings (SSSR count). The number of hydrogen-bond acceptors (Lipinski definition) is 2. The Morgan fingerprint density at radius 2 is 2.00 bits per heavy atom. The van der Waals surface area contributed by atoms with Crippen LogP contribution in [0.15, 0.2) is 24.3 Å². The number of nitrogens with one attached hydrogen (secondary N) is 1. The maximum Gasteiger partial charge on any atom is 0.279 e. The molecule has 0 aromatic heterocycles. The van der Waals surface area contributed by atoms with Gasteiger partial charge in [0.1, 0.15) is 5.75 Å². The molecule has 1 amide bonds. The molecule has 4 heteroatoms. The first kappa shape index (κ1) is 13.5. The fourth-order valence-electron chi connectivity index (χ4n) is 1.35. The molecule has 0 saturated heterocycles. The predicted molar refractivity (Wildman–Crippen MR) is 68.2 cm³/mol. The van der Waals surface area contributed by atoms with Gasteiger partial charge >= 0.3 is 0 Å². The van der Waals surface area contributed by atoms with Gasteiger partial charge in [0.15, 0.2) is 6.54 Å². The van der Waals surface area contributed by atoms with Crippen LogP contribution < -0.4 is 15.4 Å². The third-order valence-corrected chi connectivity index (χ3v) is 2.28. The SMILES string of the molecule is COc1ccccc1NC(=O)C[NH2+]C(C)(C)C. The molecule has 1 aromatic carbocycles. The van der Waals surface area contributed by atoms with Crippen LogP contribution in [0.2, 0.25) is 0 Å². The van der Waals surface area contributed by atoms with Gasteiger partial charge in [0.05, 0.1) is 18.3 Å². The van der Waals surface area contributed by atoms with Gasteiger partial charge in [-0.2, -0.15) is 0 Å². The molecule has 0 aliphatic carbocycles. The van der Waals surface area contributed by atoms with Gasteiger partial charge in [-0.15, -0.1) is 0 Å². The molecule has 0 aliphatic rings.